The van der Waals surface area contributed by atoms with E-state index in [1.165, 1.54) is 0 Å². The highest BCUT2D eigenvalue weighted by atomic mass is 35.5. The molecule has 5 heteroatoms. The van der Waals surface area contributed by atoms with Crippen LogP contribution in [-0.4, -0.2) is 40.7 Å². The minimum atomic E-state index is -0.637. The van der Waals surface area contributed by atoms with E-state index in [2.05, 4.69) is 0 Å². The van der Waals surface area contributed by atoms with Gasteiger partial charge < -0.3 is 14.7 Å². The second kappa shape index (κ2) is 5.50. The van der Waals surface area contributed by atoms with Crippen molar-refractivity contribution in [2.75, 3.05) is 13.2 Å². The number of benzene rings is 1. The van der Waals surface area contributed by atoms with Crippen molar-refractivity contribution in [2.45, 2.75) is 44.2 Å². The second-order valence-corrected chi connectivity index (χ2v) is 6.48. The van der Waals surface area contributed by atoms with Crippen LogP contribution in [0.1, 0.15) is 31.2 Å². The molecule has 21 heavy (non-hydrogen) atoms. The van der Waals surface area contributed by atoms with E-state index in [0.717, 1.165) is 37.8 Å². The van der Waals surface area contributed by atoms with Gasteiger partial charge >= 0.3 is 0 Å². The normalized spacial score (nSPS) is 23.2. The molecule has 0 aromatic heterocycles. The lowest BCUT2D eigenvalue weighted by Gasteiger charge is -2.28. The van der Waals surface area contributed by atoms with Gasteiger partial charge in [0.05, 0.1) is 11.6 Å². The molecule has 1 aliphatic carbocycles. The maximum absolute atomic E-state index is 12.3. The molecule has 0 bridgehead atoms. The summed E-state index contributed by atoms with van der Waals surface area (Å²) in [6, 6.07) is 5.31. The summed E-state index contributed by atoms with van der Waals surface area (Å²) in [5, 5.41) is 10.9. The third kappa shape index (κ3) is 3.01. The third-order valence-corrected chi connectivity index (χ3v) is 4.68. The van der Waals surface area contributed by atoms with E-state index in [9.17, 15) is 9.90 Å². The van der Waals surface area contributed by atoms with Crippen LogP contribution in [-0.2, 0) is 4.79 Å². The molecule has 0 spiro atoms. The average Bonchev–Trinajstić information content (AvgIpc) is 3.01. The van der Waals surface area contributed by atoms with Crippen molar-refractivity contribution >= 4 is 17.5 Å². The van der Waals surface area contributed by atoms with Gasteiger partial charge in [-0.15, -0.1) is 0 Å². The number of hydrogen-bond acceptors (Lipinski definition) is 3. The second-order valence-electron chi connectivity index (χ2n) is 6.05. The van der Waals surface area contributed by atoms with Gasteiger partial charge in [-0.3, -0.25) is 4.79 Å². The predicted molar refractivity (Wildman–Crippen MR) is 80.6 cm³/mol. The lowest BCUT2D eigenvalue weighted by Crippen LogP contribution is -2.45. The highest BCUT2D eigenvalue weighted by Gasteiger charge is 2.52. The summed E-state index contributed by atoms with van der Waals surface area (Å²) in [5.74, 6) is 0.626. The van der Waals surface area contributed by atoms with Crippen molar-refractivity contribution in [3.8, 4) is 5.75 Å². The number of ether oxygens (including phenoxy) is 1. The molecule has 1 aromatic rings. The summed E-state index contributed by atoms with van der Waals surface area (Å²) < 4.78 is 5.62. The molecule has 1 atom stereocenters. The lowest BCUT2D eigenvalue weighted by atomic mass is 10.1. The van der Waals surface area contributed by atoms with Gasteiger partial charge in [0.2, 0.25) is 0 Å². The van der Waals surface area contributed by atoms with Gasteiger partial charge in [-0.05, 0) is 56.4 Å². The Balaban J connectivity index is 1.61. The molecule has 1 N–H and O–H groups in total. The van der Waals surface area contributed by atoms with E-state index >= 15 is 0 Å². The van der Waals surface area contributed by atoms with Crippen LogP contribution < -0.4 is 4.74 Å². The van der Waals surface area contributed by atoms with E-state index in [0.29, 0.717) is 10.8 Å². The first-order valence-corrected chi connectivity index (χ1v) is 7.78. The molecule has 1 saturated carbocycles. The molecular weight excluding hydrogens is 290 g/mol. The number of amides is 1. The van der Waals surface area contributed by atoms with Crippen LogP contribution in [0.25, 0.3) is 0 Å². The molecule has 114 valence electrons. The number of aryl methyl sites for hydroxylation is 1. The number of rotatable bonds is 4. The monoisotopic (exact) mass is 309 g/mol. The fraction of sp³-hybridized carbons (Fsp3) is 0.562. The first kappa shape index (κ1) is 14.7. The maximum atomic E-state index is 12.3. The Bertz CT molecular complexity index is 556. The number of carbonyl (C=O) groups is 1. The molecule has 1 heterocycles. The van der Waals surface area contributed by atoms with Crippen LogP contribution in [0.2, 0.25) is 5.02 Å². The first-order valence-electron chi connectivity index (χ1n) is 7.40. The van der Waals surface area contributed by atoms with E-state index < -0.39 is 5.60 Å². The number of halogens is 1. The van der Waals surface area contributed by atoms with Gasteiger partial charge in [0.1, 0.15) is 5.75 Å². The Labute approximate surface area is 129 Å². The van der Waals surface area contributed by atoms with E-state index in [-0.39, 0.29) is 18.6 Å². The van der Waals surface area contributed by atoms with Crippen molar-refractivity contribution in [2.24, 2.45) is 0 Å². The van der Waals surface area contributed by atoms with Crippen LogP contribution in [0.15, 0.2) is 18.2 Å². The van der Waals surface area contributed by atoms with E-state index in [1.807, 2.05) is 13.0 Å². The maximum Gasteiger partial charge on any atom is 0.260 e. The Kier molecular flexibility index (Phi) is 3.84. The zero-order valence-electron chi connectivity index (χ0n) is 12.1. The number of nitrogens with zero attached hydrogens (tertiary/aromatic N) is 1. The Morgan fingerprint density at radius 2 is 2.29 bits per heavy atom. The van der Waals surface area contributed by atoms with E-state index in [4.69, 9.17) is 16.3 Å². The first-order chi connectivity index (χ1) is 9.99. The fourth-order valence-corrected chi connectivity index (χ4v) is 3.31. The highest BCUT2D eigenvalue weighted by Crippen LogP contribution is 2.44. The Morgan fingerprint density at radius 3 is 2.95 bits per heavy atom. The zero-order chi connectivity index (χ0) is 15.0. The minimum Gasteiger partial charge on any atom is -0.483 e. The quantitative estimate of drug-likeness (QED) is 0.930. The summed E-state index contributed by atoms with van der Waals surface area (Å²) in [7, 11) is 0. The lowest BCUT2D eigenvalue weighted by molar-refractivity contribution is -0.136. The molecule has 3 rings (SSSR count). The number of aliphatic hydroxyl groups is 1. The van der Waals surface area contributed by atoms with Crippen molar-refractivity contribution in [3.05, 3.63) is 28.8 Å². The molecule has 0 radical (unpaired) electrons. The predicted octanol–water partition coefficient (Wildman–Crippen LogP) is 2.54. The van der Waals surface area contributed by atoms with E-state index in [1.54, 1.807) is 17.0 Å². The molecular formula is C16H20ClNO3. The van der Waals surface area contributed by atoms with Gasteiger partial charge in [0, 0.05) is 11.6 Å². The van der Waals surface area contributed by atoms with Gasteiger partial charge in [-0.2, -0.15) is 0 Å². The van der Waals surface area contributed by atoms with Crippen molar-refractivity contribution in [1.29, 1.82) is 0 Å². The standard InChI is InChI=1S/C16H20ClNO3/c1-11-9-12(17)4-5-13(11)21-10-15(19)18-8-2-3-14(18)16(20)6-7-16/h4-5,9,14,20H,2-3,6-8,10H2,1H3. The van der Waals surface area contributed by atoms with Crippen LogP contribution >= 0.6 is 11.6 Å². The van der Waals surface area contributed by atoms with Crippen molar-refractivity contribution < 1.29 is 14.6 Å². The van der Waals surface area contributed by atoms with Gasteiger partial charge in [0.25, 0.3) is 5.91 Å². The summed E-state index contributed by atoms with van der Waals surface area (Å²) >= 11 is 5.90. The van der Waals surface area contributed by atoms with Crippen LogP contribution in [0.3, 0.4) is 0 Å². The largest absolute Gasteiger partial charge is 0.483 e. The highest BCUT2D eigenvalue weighted by molar-refractivity contribution is 6.30. The summed E-state index contributed by atoms with van der Waals surface area (Å²) in [5.41, 5.74) is 0.275. The molecule has 1 saturated heterocycles. The third-order valence-electron chi connectivity index (χ3n) is 4.44. The number of carbonyl (C=O) groups excluding carboxylic acids is 1. The molecule has 1 aromatic carbocycles. The number of likely N-dealkylation sites (tertiary alicyclic amines) is 1. The van der Waals surface area contributed by atoms with Crippen LogP contribution in [0.5, 0.6) is 5.75 Å². The summed E-state index contributed by atoms with van der Waals surface area (Å²) in [4.78, 5) is 14.1. The molecule has 1 unspecified atom stereocenters. The summed E-state index contributed by atoms with van der Waals surface area (Å²) in [6.07, 6.45) is 3.46. The minimum absolute atomic E-state index is 0.00898. The Morgan fingerprint density at radius 1 is 1.52 bits per heavy atom. The molecule has 2 fully saturated rings. The van der Waals surface area contributed by atoms with Crippen molar-refractivity contribution in [3.63, 3.8) is 0 Å². The van der Waals surface area contributed by atoms with Crippen LogP contribution in [0, 0.1) is 6.92 Å². The SMILES string of the molecule is Cc1cc(Cl)ccc1OCC(=O)N1CCCC1C1(O)CC1. The molecule has 2 aliphatic rings. The topological polar surface area (TPSA) is 49.8 Å². The number of hydrogen-bond donors (Lipinski definition) is 1. The van der Waals surface area contributed by atoms with Gasteiger partial charge in [-0.25, -0.2) is 0 Å². The van der Waals surface area contributed by atoms with Gasteiger partial charge in [0.15, 0.2) is 6.61 Å². The van der Waals surface area contributed by atoms with Gasteiger partial charge in [-0.1, -0.05) is 11.6 Å². The zero-order valence-corrected chi connectivity index (χ0v) is 12.9. The molecule has 4 nitrogen and oxygen atoms in total. The molecule has 1 aliphatic heterocycles. The Hall–Kier alpha value is -1.26. The average molecular weight is 310 g/mol. The van der Waals surface area contributed by atoms with Crippen molar-refractivity contribution in [1.82, 2.24) is 4.90 Å². The fourth-order valence-electron chi connectivity index (χ4n) is 3.08. The smallest absolute Gasteiger partial charge is 0.260 e. The summed E-state index contributed by atoms with van der Waals surface area (Å²) in [6.45, 7) is 2.63. The van der Waals surface area contributed by atoms with Crippen LogP contribution in [0.4, 0.5) is 0 Å². The molecule has 1 amide bonds.